The van der Waals surface area contributed by atoms with Crippen molar-refractivity contribution in [1.29, 1.82) is 0 Å². The maximum absolute atomic E-state index is 10.1. The first-order chi connectivity index (χ1) is 10.7. The summed E-state index contributed by atoms with van der Waals surface area (Å²) in [5.74, 6) is 0.742. The Bertz CT molecular complexity index is 458. The summed E-state index contributed by atoms with van der Waals surface area (Å²) in [6.45, 7) is 5.22. The van der Waals surface area contributed by atoms with Crippen molar-refractivity contribution in [3.05, 3.63) is 35.9 Å². The van der Waals surface area contributed by atoms with Crippen molar-refractivity contribution in [1.82, 2.24) is 10.6 Å². The predicted octanol–water partition coefficient (Wildman–Crippen LogP) is 1.67. The Morgan fingerprint density at radius 2 is 2.05 bits per heavy atom. The van der Waals surface area contributed by atoms with Gasteiger partial charge in [0.15, 0.2) is 5.96 Å². The fourth-order valence-electron chi connectivity index (χ4n) is 2.32. The zero-order chi connectivity index (χ0) is 15.7. The number of hydrogen-bond acceptors (Lipinski definition) is 3. The highest BCUT2D eigenvalue weighted by Gasteiger charge is 2.34. The zero-order valence-corrected chi connectivity index (χ0v) is 13.3. The van der Waals surface area contributed by atoms with E-state index in [9.17, 15) is 5.11 Å². The van der Waals surface area contributed by atoms with Gasteiger partial charge in [0, 0.05) is 13.1 Å². The Morgan fingerprint density at radius 3 is 2.68 bits per heavy atom. The van der Waals surface area contributed by atoms with Gasteiger partial charge in [0.2, 0.25) is 0 Å². The third-order valence-corrected chi connectivity index (χ3v) is 3.81. The molecule has 0 radical (unpaired) electrons. The molecule has 1 aliphatic carbocycles. The van der Waals surface area contributed by atoms with Gasteiger partial charge in [0.1, 0.15) is 0 Å². The van der Waals surface area contributed by atoms with Crippen LogP contribution in [0.15, 0.2) is 35.3 Å². The first-order valence-corrected chi connectivity index (χ1v) is 8.08. The summed E-state index contributed by atoms with van der Waals surface area (Å²) in [6, 6.07) is 10.1. The molecular formula is C17H27N3O2. The van der Waals surface area contributed by atoms with E-state index in [1.807, 2.05) is 25.1 Å². The third kappa shape index (κ3) is 5.66. The van der Waals surface area contributed by atoms with Crippen molar-refractivity contribution < 1.29 is 9.84 Å². The van der Waals surface area contributed by atoms with Crippen molar-refractivity contribution in [3.63, 3.8) is 0 Å². The molecule has 2 rings (SSSR count). The van der Waals surface area contributed by atoms with Crippen LogP contribution in [0.3, 0.4) is 0 Å². The monoisotopic (exact) mass is 305 g/mol. The third-order valence-electron chi connectivity index (χ3n) is 3.81. The van der Waals surface area contributed by atoms with Crippen LogP contribution < -0.4 is 10.6 Å². The Hall–Kier alpha value is -1.59. The molecule has 1 aromatic rings. The highest BCUT2D eigenvalue weighted by Crippen LogP contribution is 2.31. The van der Waals surface area contributed by atoms with Crippen molar-refractivity contribution in [2.45, 2.75) is 38.4 Å². The van der Waals surface area contributed by atoms with E-state index in [4.69, 9.17) is 4.74 Å². The van der Waals surface area contributed by atoms with Crippen LogP contribution in [0.2, 0.25) is 0 Å². The number of aliphatic hydroxyl groups is 1. The summed E-state index contributed by atoms with van der Waals surface area (Å²) < 4.78 is 5.63. The second-order valence-corrected chi connectivity index (χ2v) is 5.74. The summed E-state index contributed by atoms with van der Waals surface area (Å²) in [6.07, 6.45) is 2.81. The van der Waals surface area contributed by atoms with Crippen LogP contribution in [0, 0.1) is 0 Å². The highest BCUT2D eigenvalue weighted by molar-refractivity contribution is 5.79. The first kappa shape index (κ1) is 16.8. The van der Waals surface area contributed by atoms with E-state index in [2.05, 4.69) is 27.8 Å². The van der Waals surface area contributed by atoms with Gasteiger partial charge in [-0.2, -0.15) is 0 Å². The molecule has 0 unspecified atom stereocenters. The molecular weight excluding hydrogens is 278 g/mol. The lowest BCUT2D eigenvalue weighted by molar-refractivity contribution is -0.0236. The first-order valence-electron chi connectivity index (χ1n) is 8.08. The summed E-state index contributed by atoms with van der Waals surface area (Å²) in [7, 11) is 0. The van der Waals surface area contributed by atoms with E-state index < -0.39 is 5.60 Å². The normalized spacial score (nSPS) is 16.9. The lowest BCUT2D eigenvalue weighted by Crippen LogP contribution is -2.43. The molecule has 122 valence electrons. The van der Waals surface area contributed by atoms with Crippen LogP contribution in [-0.2, 0) is 11.3 Å². The molecule has 0 amide bonds. The Kier molecular flexibility index (Phi) is 6.68. The van der Waals surface area contributed by atoms with Gasteiger partial charge < -0.3 is 20.5 Å². The summed E-state index contributed by atoms with van der Waals surface area (Å²) in [4.78, 5) is 4.45. The molecule has 0 aromatic heterocycles. The van der Waals surface area contributed by atoms with E-state index in [1.165, 1.54) is 5.56 Å². The number of nitrogens with zero attached hydrogens (tertiary/aromatic N) is 1. The number of aliphatic imine (C=N–C) groups is 1. The number of nitrogens with one attached hydrogen (secondary N) is 2. The second kappa shape index (κ2) is 8.76. The van der Waals surface area contributed by atoms with Gasteiger partial charge in [-0.15, -0.1) is 0 Å². The molecule has 0 spiro atoms. The van der Waals surface area contributed by atoms with Crippen LogP contribution in [0.5, 0.6) is 0 Å². The van der Waals surface area contributed by atoms with Crippen LogP contribution in [0.4, 0.5) is 0 Å². The number of hydrogen-bond donors (Lipinski definition) is 3. The van der Waals surface area contributed by atoms with Crippen molar-refractivity contribution in [2.24, 2.45) is 4.99 Å². The number of guanidine groups is 1. The quantitative estimate of drug-likeness (QED) is 0.388. The molecule has 1 aliphatic rings. The van der Waals surface area contributed by atoms with Crippen LogP contribution in [0.1, 0.15) is 31.7 Å². The van der Waals surface area contributed by atoms with Crippen LogP contribution in [-0.4, -0.2) is 42.9 Å². The number of ether oxygens (including phenoxy) is 1. The molecule has 0 heterocycles. The topological polar surface area (TPSA) is 65.9 Å². The molecule has 1 saturated carbocycles. The van der Waals surface area contributed by atoms with Gasteiger partial charge >= 0.3 is 0 Å². The molecule has 0 atom stereocenters. The Morgan fingerprint density at radius 1 is 1.27 bits per heavy atom. The summed E-state index contributed by atoms with van der Waals surface area (Å²) in [5, 5.41) is 16.5. The summed E-state index contributed by atoms with van der Waals surface area (Å²) in [5.41, 5.74) is 0.599. The minimum Gasteiger partial charge on any atom is -0.388 e. The molecule has 1 fully saturated rings. The standard InChI is InChI=1S/C17H27N3O2/c1-2-18-16(20-14-17(21)9-6-10-17)19-11-12-22-13-15-7-4-3-5-8-15/h3-5,7-8,21H,2,6,9-14H2,1H3,(H2,18,19,20). The molecule has 3 N–H and O–H groups in total. The number of benzene rings is 1. The molecule has 0 aliphatic heterocycles. The van der Waals surface area contributed by atoms with Gasteiger partial charge in [-0.05, 0) is 31.7 Å². The van der Waals surface area contributed by atoms with Gasteiger partial charge in [0.05, 0.1) is 25.4 Å². The lowest BCUT2D eigenvalue weighted by Gasteiger charge is -2.35. The molecule has 22 heavy (non-hydrogen) atoms. The fraction of sp³-hybridized carbons (Fsp3) is 0.588. The average molecular weight is 305 g/mol. The molecule has 0 bridgehead atoms. The molecule has 5 heteroatoms. The maximum atomic E-state index is 10.1. The van der Waals surface area contributed by atoms with E-state index >= 15 is 0 Å². The Balaban J connectivity index is 1.64. The Labute approximate surface area is 132 Å². The minimum atomic E-state index is -0.577. The zero-order valence-electron chi connectivity index (χ0n) is 13.3. The van der Waals surface area contributed by atoms with Crippen LogP contribution in [0.25, 0.3) is 0 Å². The fourth-order valence-corrected chi connectivity index (χ4v) is 2.32. The lowest BCUT2D eigenvalue weighted by atomic mass is 9.80. The van der Waals surface area contributed by atoms with E-state index in [-0.39, 0.29) is 0 Å². The van der Waals surface area contributed by atoms with Gasteiger partial charge in [-0.1, -0.05) is 30.3 Å². The molecule has 5 nitrogen and oxygen atoms in total. The van der Waals surface area contributed by atoms with Crippen molar-refractivity contribution in [3.8, 4) is 0 Å². The van der Waals surface area contributed by atoms with Crippen molar-refractivity contribution in [2.75, 3.05) is 26.2 Å². The highest BCUT2D eigenvalue weighted by atomic mass is 16.5. The van der Waals surface area contributed by atoms with Gasteiger partial charge in [-0.25, -0.2) is 0 Å². The average Bonchev–Trinajstić information content (AvgIpc) is 2.51. The van der Waals surface area contributed by atoms with Crippen LogP contribution >= 0.6 is 0 Å². The molecule has 0 saturated heterocycles. The van der Waals surface area contributed by atoms with Gasteiger partial charge in [-0.3, -0.25) is 4.99 Å². The predicted molar refractivity (Wildman–Crippen MR) is 88.9 cm³/mol. The van der Waals surface area contributed by atoms with E-state index in [1.54, 1.807) is 0 Å². The van der Waals surface area contributed by atoms with E-state index in [0.717, 1.165) is 31.8 Å². The smallest absolute Gasteiger partial charge is 0.191 e. The SMILES string of the molecule is CCNC(=NCC1(O)CCC1)NCCOCc1ccccc1. The van der Waals surface area contributed by atoms with Gasteiger partial charge in [0.25, 0.3) is 0 Å². The minimum absolute atomic E-state index is 0.465. The molecule has 1 aromatic carbocycles. The summed E-state index contributed by atoms with van der Waals surface area (Å²) >= 11 is 0. The number of rotatable bonds is 8. The van der Waals surface area contributed by atoms with Crippen molar-refractivity contribution >= 4 is 5.96 Å². The largest absolute Gasteiger partial charge is 0.388 e. The second-order valence-electron chi connectivity index (χ2n) is 5.74. The van der Waals surface area contributed by atoms with E-state index in [0.29, 0.717) is 26.3 Å². The maximum Gasteiger partial charge on any atom is 0.191 e.